The highest BCUT2D eigenvalue weighted by atomic mass is 16.4. The Morgan fingerprint density at radius 2 is 1.58 bits per heavy atom. The molecule has 2 rings (SSSR count). The van der Waals surface area contributed by atoms with Gasteiger partial charge in [-0.2, -0.15) is 0 Å². The lowest BCUT2D eigenvalue weighted by atomic mass is 9.92. The fourth-order valence-corrected chi connectivity index (χ4v) is 2.03. The van der Waals surface area contributed by atoms with Gasteiger partial charge in [-0.25, -0.2) is 4.79 Å². The van der Waals surface area contributed by atoms with Crippen LogP contribution in [0.1, 0.15) is 37.4 Å². The molecular weight excluding hydrogens is 240 g/mol. The Hall–Kier alpha value is -2.42. The van der Waals surface area contributed by atoms with Crippen LogP contribution in [0.3, 0.4) is 0 Å². The third kappa shape index (κ3) is 2.40. The van der Waals surface area contributed by atoms with Crippen LogP contribution in [0.5, 0.6) is 0 Å². The molecule has 2 aromatic rings. The van der Waals surface area contributed by atoms with Gasteiger partial charge in [0.05, 0.1) is 5.56 Å². The highest BCUT2D eigenvalue weighted by molar-refractivity contribution is 6.14. The van der Waals surface area contributed by atoms with Crippen LogP contribution >= 0.6 is 0 Å². The van der Waals surface area contributed by atoms with Crippen LogP contribution < -0.4 is 0 Å². The van der Waals surface area contributed by atoms with Crippen molar-refractivity contribution in [3.05, 3.63) is 70.3 Å². The van der Waals surface area contributed by atoms with Crippen LogP contribution in [-0.2, 0) is 0 Å². The number of carbonyl (C=O) groups is 2. The number of carboxylic acid groups (broad SMARTS) is 1. The number of benzene rings is 2. The number of carbonyl (C=O) groups excluding carboxylic acids is 1. The van der Waals surface area contributed by atoms with E-state index in [9.17, 15) is 14.7 Å². The summed E-state index contributed by atoms with van der Waals surface area (Å²) in [6, 6.07) is 12.1. The zero-order valence-corrected chi connectivity index (χ0v) is 10.8. The summed E-state index contributed by atoms with van der Waals surface area (Å²) in [7, 11) is 0. The first-order valence-electron chi connectivity index (χ1n) is 5.95. The van der Waals surface area contributed by atoms with E-state index < -0.39 is 5.97 Å². The van der Waals surface area contributed by atoms with E-state index in [0.29, 0.717) is 11.1 Å². The Labute approximate surface area is 111 Å². The fourth-order valence-electron chi connectivity index (χ4n) is 2.03. The molecule has 0 unspecified atom stereocenters. The van der Waals surface area contributed by atoms with Gasteiger partial charge in [-0.1, -0.05) is 36.4 Å². The van der Waals surface area contributed by atoms with Gasteiger partial charge in [0.1, 0.15) is 0 Å². The summed E-state index contributed by atoms with van der Waals surface area (Å²) in [5.41, 5.74) is 2.32. The smallest absolute Gasteiger partial charge is 0.336 e. The molecule has 2 aromatic carbocycles. The van der Waals surface area contributed by atoms with Gasteiger partial charge in [-0.3, -0.25) is 4.79 Å². The molecule has 0 amide bonds. The highest BCUT2D eigenvalue weighted by Gasteiger charge is 2.20. The Kier molecular flexibility index (Phi) is 3.47. The van der Waals surface area contributed by atoms with Crippen LogP contribution in [0, 0.1) is 13.8 Å². The van der Waals surface area contributed by atoms with Gasteiger partial charge in [0.15, 0.2) is 5.78 Å². The van der Waals surface area contributed by atoms with Crippen LogP contribution in [0.4, 0.5) is 0 Å². The molecule has 0 aliphatic carbocycles. The first-order chi connectivity index (χ1) is 9.02. The van der Waals surface area contributed by atoms with Crippen LogP contribution in [-0.4, -0.2) is 16.9 Å². The van der Waals surface area contributed by atoms with Crippen molar-refractivity contribution in [3.8, 4) is 0 Å². The Morgan fingerprint density at radius 3 is 2.16 bits per heavy atom. The van der Waals surface area contributed by atoms with E-state index in [1.807, 2.05) is 13.0 Å². The van der Waals surface area contributed by atoms with Crippen molar-refractivity contribution in [2.75, 3.05) is 0 Å². The average Bonchev–Trinajstić information content (AvgIpc) is 2.41. The standard InChI is InChI=1S/C16H14O3/c1-10-8-9-13(14(11(10)2)16(18)19)15(17)12-6-4-3-5-7-12/h3-9H,1-2H3,(H,18,19). The van der Waals surface area contributed by atoms with Crippen LogP contribution in [0.25, 0.3) is 0 Å². The molecule has 0 aromatic heterocycles. The van der Waals surface area contributed by atoms with Crippen LogP contribution in [0.2, 0.25) is 0 Å². The number of carboxylic acids is 1. The Morgan fingerprint density at radius 1 is 0.947 bits per heavy atom. The summed E-state index contributed by atoms with van der Waals surface area (Å²) in [6.07, 6.45) is 0. The lowest BCUT2D eigenvalue weighted by molar-refractivity contribution is 0.0692. The van der Waals surface area contributed by atoms with Gasteiger partial charge in [-0.05, 0) is 31.0 Å². The summed E-state index contributed by atoms with van der Waals surface area (Å²) in [5.74, 6) is -1.33. The molecule has 96 valence electrons. The van der Waals surface area contributed by atoms with E-state index in [4.69, 9.17) is 0 Å². The van der Waals surface area contributed by atoms with Crippen molar-refractivity contribution in [3.63, 3.8) is 0 Å². The van der Waals surface area contributed by atoms with Crippen molar-refractivity contribution in [2.45, 2.75) is 13.8 Å². The van der Waals surface area contributed by atoms with Gasteiger partial charge in [0.25, 0.3) is 0 Å². The molecule has 0 aliphatic rings. The molecule has 0 saturated carbocycles. The second-order valence-corrected chi connectivity index (χ2v) is 4.43. The second kappa shape index (κ2) is 5.06. The second-order valence-electron chi connectivity index (χ2n) is 4.43. The first-order valence-corrected chi connectivity index (χ1v) is 5.95. The molecular formula is C16H14O3. The fraction of sp³-hybridized carbons (Fsp3) is 0.125. The van der Waals surface area contributed by atoms with E-state index in [2.05, 4.69) is 0 Å². The third-order valence-corrected chi connectivity index (χ3v) is 3.23. The van der Waals surface area contributed by atoms with Crippen molar-refractivity contribution >= 4 is 11.8 Å². The van der Waals surface area contributed by atoms with E-state index >= 15 is 0 Å². The zero-order valence-electron chi connectivity index (χ0n) is 10.8. The van der Waals surface area contributed by atoms with Gasteiger partial charge < -0.3 is 5.11 Å². The molecule has 0 saturated heterocycles. The maximum atomic E-state index is 12.4. The molecule has 3 nitrogen and oxygen atoms in total. The van der Waals surface area contributed by atoms with Gasteiger partial charge in [0.2, 0.25) is 0 Å². The number of aromatic carboxylic acids is 1. The lowest BCUT2D eigenvalue weighted by Gasteiger charge is -2.10. The van der Waals surface area contributed by atoms with E-state index in [1.54, 1.807) is 43.3 Å². The van der Waals surface area contributed by atoms with E-state index in [-0.39, 0.29) is 16.9 Å². The van der Waals surface area contributed by atoms with Crippen molar-refractivity contribution in [2.24, 2.45) is 0 Å². The number of hydrogen-bond acceptors (Lipinski definition) is 2. The lowest BCUT2D eigenvalue weighted by Crippen LogP contribution is -2.12. The Bertz CT molecular complexity index is 643. The highest BCUT2D eigenvalue weighted by Crippen LogP contribution is 2.21. The third-order valence-electron chi connectivity index (χ3n) is 3.23. The molecule has 0 fully saturated rings. The van der Waals surface area contributed by atoms with Crippen molar-refractivity contribution in [1.29, 1.82) is 0 Å². The monoisotopic (exact) mass is 254 g/mol. The SMILES string of the molecule is Cc1ccc(C(=O)c2ccccc2)c(C(=O)O)c1C. The summed E-state index contributed by atoms with van der Waals surface area (Å²) < 4.78 is 0. The quantitative estimate of drug-likeness (QED) is 0.855. The summed E-state index contributed by atoms with van der Waals surface area (Å²) >= 11 is 0. The van der Waals surface area contributed by atoms with Gasteiger partial charge >= 0.3 is 5.97 Å². The summed E-state index contributed by atoms with van der Waals surface area (Å²) in [4.78, 5) is 23.8. The minimum Gasteiger partial charge on any atom is -0.478 e. The normalized spacial score (nSPS) is 10.2. The van der Waals surface area contributed by atoms with E-state index in [0.717, 1.165) is 5.56 Å². The topological polar surface area (TPSA) is 54.4 Å². The molecule has 3 heteroatoms. The van der Waals surface area contributed by atoms with E-state index in [1.165, 1.54) is 0 Å². The molecule has 0 spiro atoms. The number of aryl methyl sites for hydroxylation is 1. The maximum absolute atomic E-state index is 12.4. The van der Waals surface area contributed by atoms with Crippen molar-refractivity contribution < 1.29 is 14.7 Å². The summed E-state index contributed by atoms with van der Waals surface area (Å²) in [5, 5.41) is 9.31. The molecule has 0 heterocycles. The van der Waals surface area contributed by atoms with Crippen LogP contribution in [0.15, 0.2) is 42.5 Å². The molecule has 19 heavy (non-hydrogen) atoms. The van der Waals surface area contributed by atoms with Gasteiger partial charge in [0, 0.05) is 11.1 Å². The predicted octanol–water partition coefficient (Wildman–Crippen LogP) is 3.23. The number of ketones is 1. The first kappa shape index (κ1) is 13.0. The maximum Gasteiger partial charge on any atom is 0.336 e. The summed E-state index contributed by atoms with van der Waals surface area (Å²) in [6.45, 7) is 3.55. The molecule has 0 aliphatic heterocycles. The van der Waals surface area contributed by atoms with Gasteiger partial charge in [-0.15, -0.1) is 0 Å². The van der Waals surface area contributed by atoms with Crippen molar-refractivity contribution in [1.82, 2.24) is 0 Å². The molecule has 1 N–H and O–H groups in total. The zero-order chi connectivity index (χ0) is 14.0. The Balaban J connectivity index is 2.61. The number of hydrogen-bond donors (Lipinski definition) is 1. The minimum atomic E-state index is -1.07. The molecule has 0 atom stereocenters. The largest absolute Gasteiger partial charge is 0.478 e. The number of rotatable bonds is 3. The average molecular weight is 254 g/mol. The molecule has 0 bridgehead atoms. The molecule has 0 radical (unpaired) electrons. The predicted molar refractivity (Wildman–Crippen MR) is 72.7 cm³/mol. The minimum absolute atomic E-state index is 0.0915.